The van der Waals surface area contributed by atoms with Crippen LogP contribution in [-0.4, -0.2) is 103 Å². The highest BCUT2D eigenvalue weighted by molar-refractivity contribution is 7.98. The first-order chi connectivity index (χ1) is 44.7. The van der Waals surface area contributed by atoms with Gasteiger partial charge in [0.15, 0.2) is 43.5 Å². The minimum atomic E-state index is -0.466. The van der Waals surface area contributed by atoms with Gasteiger partial charge in [-0.05, 0) is 204 Å². The van der Waals surface area contributed by atoms with Crippen molar-refractivity contribution in [3.63, 3.8) is 0 Å². The second-order valence-corrected chi connectivity index (χ2v) is 21.3. The fraction of sp³-hybridized carbons (Fsp3) is 0.289. The maximum absolute atomic E-state index is 12.4. The molecule has 18 heteroatoms. The van der Waals surface area contributed by atoms with Crippen LogP contribution in [0.1, 0.15) is 181 Å². The summed E-state index contributed by atoms with van der Waals surface area (Å²) in [4.78, 5) is 82.2. The molecular weight excluding hydrogens is 1300 g/mol. The third kappa shape index (κ3) is 32.5. The van der Waals surface area contributed by atoms with Gasteiger partial charge in [-0.15, -0.1) is 11.8 Å². The standard InChI is InChI=1S/C21H18O3.C20H22O6.C15H14O4.C11H12O4.C8H10S.8CH4/c1-15-3-5-16(6-4-15)21(22)17-7-9-19(10-8-17)24-20-13-11-18(23-2)12-14-20;1-13-9-16(15(3)21)5-7-18(13)24-12-25-19-8-6-17(10-14(19)2)20(22)26-11-23-4;1-10(16)11-3-4-13-8-14(6-5-12(13)7-11)15(17)19-9-18-2;1-8(12)9-3-5-10(6-4-9)11(13)15-7-14-2;1-7-3-5-8(9-2)6-4-7;;;;;;;;/h3-14H,1-2H3;5-10H,11-12H2,1-4H3;3-8H,9H2,1-2H3;3-6H,7H2,1-2H3;3-6H,1-2H3;8*1H4. The molecule has 0 aromatic heterocycles. The van der Waals surface area contributed by atoms with Gasteiger partial charge < -0.3 is 47.4 Å². The Morgan fingerprint density at radius 2 is 0.634 bits per heavy atom. The molecule has 0 N–H and O–H groups in total. The van der Waals surface area contributed by atoms with Gasteiger partial charge in [-0.1, -0.05) is 137 Å². The molecule has 9 rings (SSSR count). The third-order valence-corrected chi connectivity index (χ3v) is 14.1. The van der Waals surface area contributed by atoms with Gasteiger partial charge in [0, 0.05) is 54.0 Å². The van der Waals surface area contributed by atoms with E-state index < -0.39 is 17.9 Å². The number of benzene rings is 9. The molecular formula is C83H108O17S. The van der Waals surface area contributed by atoms with Crippen LogP contribution < -0.4 is 18.9 Å². The summed E-state index contributed by atoms with van der Waals surface area (Å²) < 4.78 is 50.6. The van der Waals surface area contributed by atoms with Crippen LogP contribution in [0.3, 0.4) is 0 Å². The Kier molecular flexibility index (Phi) is 49.0. The molecule has 0 saturated heterocycles. The highest BCUT2D eigenvalue weighted by Gasteiger charge is 2.14. The van der Waals surface area contributed by atoms with Gasteiger partial charge in [-0.2, -0.15) is 0 Å². The Morgan fingerprint density at radius 1 is 0.327 bits per heavy atom. The molecule has 0 fully saturated rings. The molecule has 0 atom stereocenters. The summed E-state index contributed by atoms with van der Waals surface area (Å²) in [6, 6.07) is 57.7. The number of thioether (sulfide) groups is 1. The van der Waals surface area contributed by atoms with E-state index in [9.17, 15) is 33.6 Å². The number of carbonyl (C=O) groups is 7. The molecule has 0 saturated carbocycles. The Morgan fingerprint density at radius 3 is 1.04 bits per heavy atom. The number of hydrogen-bond acceptors (Lipinski definition) is 18. The normalized spacial score (nSPS) is 9.35. The summed E-state index contributed by atoms with van der Waals surface area (Å²) in [5.41, 5.74) is 8.56. The van der Waals surface area contributed by atoms with Crippen molar-refractivity contribution < 1.29 is 80.9 Å². The van der Waals surface area contributed by atoms with E-state index >= 15 is 0 Å². The molecule has 101 heavy (non-hydrogen) atoms. The minimum absolute atomic E-state index is 0. The Labute approximate surface area is 605 Å². The first kappa shape index (κ1) is 97.1. The molecule has 0 radical (unpaired) electrons. The van der Waals surface area contributed by atoms with E-state index in [0.29, 0.717) is 67.5 Å². The molecule has 0 aliphatic heterocycles. The number of fused-ring (bicyclic) bond motifs is 1. The molecule has 0 aliphatic carbocycles. The van der Waals surface area contributed by atoms with Crippen LogP contribution in [0.5, 0.6) is 28.7 Å². The summed E-state index contributed by atoms with van der Waals surface area (Å²) in [5, 5.41) is 1.80. The fourth-order valence-corrected chi connectivity index (χ4v) is 8.55. The summed E-state index contributed by atoms with van der Waals surface area (Å²) in [7, 11) is 5.97. The number of ether oxygens (including phenoxy) is 10. The molecule has 0 bridgehead atoms. The average molecular weight is 1410 g/mol. The van der Waals surface area contributed by atoms with Crippen molar-refractivity contribution >= 4 is 63.6 Å². The van der Waals surface area contributed by atoms with E-state index in [0.717, 1.165) is 33.2 Å². The maximum Gasteiger partial charge on any atom is 0.340 e. The predicted octanol–water partition coefficient (Wildman–Crippen LogP) is 21.0. The topological polar surface area (TPSA) is 212 Å². The number of carbonyl (C=O) groups excluding carboxylic acids is 7. The van der Waals surface area contributed by atoms with Gasteiger partial charge in [0.2, 0.25) is 6.79 Å². The SMILES string of the molecule is C.C.C.C.C.C.C.C.COCOC(=O)c1ccc(C(C)=O)cc1.COCOC(=O)c1ccc(OCOc2ccc(C(C)=O)cc2C)c(C)c1.COCOC(=O)c1ccc2cc(C(C)=O)ccc2c1.COc1ccc(Oc2ccc(C(=O)c3ccc(C)cc3)cc2)cc1.CSc1ccc(C)cc1. The number of Topliss-reactive ketones (excluding diaryl/α,β-unsaturated/α-hetero) is 3. The smallest absolute Gasteiger partial charge is 0.340 e. The molecule has 0 spiro atoms. The van der Waals surface area contributed by atoms with Crippen molar-refractivity contribution in [2.75, 3.05) is 61.9 Å². The molecule has 0 heterocycles. The van der Waals surface area contributed by atoms with E-state index in [1.807, 2.05) is 81.4 Å². The van der Waals surface area contributed by atoms with Crippen molar-refractivity contribution in [2.24, 2.45) is 0 Å². The number of aryl methyl sites for hydroxylation is 4. The van der Waals surface area contributed by atoms with Gasteiger partial charge >= 0.3 is 17.9 Å². The van der Waals surface area contributed by atoms with Crippen molar-refractivity contribution in [1.82, 2.24) is 0 Å². The monoisotopic (exact) mass is 1410 g/mol. The lowest BCUT2D eigenvalue weighted by atomic mass is 10.0. The Balaban J connectivity index is -0.000000589. The van der Waals surface area contributed by atoms with Gasteiger partial charge in [0.25, 0.3) is 0 Å². The van der Waals surface area contributed by atoms with Crippen LogP contribution in [0.25, 0.3) is 10.8 Å². The molecule has 17 nitrogen and oxygen atoms in total. The molecule has 0 unspecified atom stereocenters. The van der Waals surface area contributed by atoms with Crippen LogP contribution in [0.2, 0.25) is 0 Å². The van der Waals surface area contributed by atoms with E-state index in [2.05, 4.69) is 46.9 Å². The lowest BCUT2D eigenvalue weighted by molar-refractivity contribution is -0.0132. The Bertz CT molecular complexity index is 3920. The zero-order chi connectivity index (χ0) is 67.8. The van der Waals surface area contributed by atoms with Crippen LogP contribution in [-0.2, 0) is 28.4 Å². The van der Waals surface area contributed by atoms with Gasteiger partial charge in [-0.3, -0.25) is 19.2 Å². The number of ketones is 4. The highest BCUT2D eigenvalue weighted by Crippen LogP contribution is 2.27. The summed E-state index contributed by atoms with van der Waals surface area (Å²) in [6.07, 6.45) is 2.09. The van der Waals surface area contributed by atoms with Crippen LogP contribution in [0.15, 0.2) is 199 Å². The summed E-state index contributed by atoms with van der Waals surface area (Å²) >= 11 is 1.78. The zero-order valence-corrected chi connectivity index (χ0v) is 55.0. The number of rotatable bonds is 22. The third-order valence-electron chi connectivity index (χ3n) is 13.3. The van der Waals surface area contributed by atoms with E-state index in [4.69, 9.17) is 37.9 Å². The second kappa shape index (κ2) is 51.0. The molecule has 9 aromatic rings. The number of esters is 3. The Hall–Kier alpha value is -10.2. The van der Waals surface area contributed by atoms with Gasteiger partial charge in [-0.25, -0.2) is 14.4 Å². The highest BCUT2D eigenvalue weighted by atomic mass is 32.2. The lowest BCUT2D eigenvalue weighted by Crippen LogP contribution is -2.10. The van der Waals surface area contributed by atoms with Gasteiger partial charge in [0.1, 0.15) is 28.7 Å². The molecule has 548 valence electrons. The van der Waals surface area contributed by atoms with Crippen LogP contribution in [0.4, 0.5) is 0 Å². The van der Waals surface area contributed by atoms with Crippen molar-refractivity contribution in [3.8, 4) is 28.7 Å². The van der Waals surface area contributed by atoms with Crippen LogP contribution >= 0.6 is 11.8 Å². The van der Waals surface area contributed by atoms with Crippen molar-refractivity contribution in [2.45, 2.75) is 113 Å². The van der Waals surface area contributed by atoms with E-state index in [1.54, 1.807) is 128 Å². The predicted molar refractivity (Wildman–Crippen MR) is 412 cm³/mol. The minimum Gasteiger partial charge on any atom is -0.497 e. The second-order valence-electron chi connectivity index (χ2n) is 20.4. The lowest BCUT2D eigenvalue weighted by Gasteiger charge is -2.13. The zero-order valence-electron chi connectivity index (χ0n) is 54.2. The number of hydrogen-bond donors (Lipinski definition) is 0. The summed E-state index contributed by atoms with van der Waals surface area (Å²) in [6.45, 7) is 12.1. The van der Waals surface area contributed by atoms with Crippen molar-refractivity contribution in [3.05, 3.63) is 261 Å². The molecule has 9 aromatic carbocycles. The van der Waals surface area contributed by atoms with Crippen molar-refractivity contribution in [1.29, 1.82) is 0 Å². The van der Waals surface area contributed by atoms with Gasteiger partial charge in [0.05, 0.1) is 23.8 Å². The van der Waals surface area contributed by atoms with Crippen LogP contribution in [0, 0.1) is 27.7 Å². The fourth-order valence-electron chi connectivity index (χ4n) is 8.15. The summed E-state index contributed by atoms with van der Waals surface area (Å²) in [5.74, 6) is 2.07. The quantitative estimate of drug-likeness (QED) is 0.0203. The largest absolute Gasteiger partial charge is 0.497 e. The maximum atomic E-state index is 12.4. The first-order valence-electron chi connectivity index (χ1n) is 28.9. The molecule has 0 amide bonds. The average Bonchev–Trinajstić information content (AvgIpc) is 0.819. The van der Waals surface area contributed by atoms with E-state index in [-0.39, 0.29) is 110 Å². The van der Waals surface area contributed by atoms with E-state index in [1.165, 1.54) is 52.6 Å². The molecule has 0 aliphatic rings. The first-order valence-corrected chi connectivity index (χ1v) is 30.2. The number of methoxy groups -OCH3 is 4.